The van der Waals surface area contributed by atoms with Gasteiger partial charge in [-0.25, -0.2) is 8.78 Å². The Morgan fingerprint density at radius 3 is 2.43 bits per heavy atom. The van der Waals surface area contributed by atoms with Crippen molar-refractivity contribution in [2.24, 2.45) is 0 Å². The minimum absolute atomic E-state index is 0.145. The maximum Gasteiger partial charge on any atom is 0.252 e. The minimum atomic E-state index is -1.14. The van der Waals surface area contributed by atoms with Crippen LogP contribution in [0.15, 0.2) is 46.9 Å². The maximum absolute atomic E-state index is 13.4. The maximum atomic E-state index is 13.4. The Labute approximate surface area is 140 Å². The summed E-state index contributed by atoms with van der Waals surface area (Å²) in [5, 5.41) is 4.90. The molecule has 0 aromatic heterocycles. The quantitative estimate of drug-likeness (QED) is 0.853. The Hall–Kier alpha value is -2.28. The highest BCUT2D eigenvalue weighted by Gasteiger charge is 2.23. The van der Waals surface area contributed by atoms with E-state index in [0.717, 1.165) is 12.1 Å². The van der Waals surface area contributed by atoms with Gasteiger partial charge in [-0.3, -0.25) is 9.59 Å². The van der Waals surface area contributed by atoms with E-state index in [1.165, 1.54) is 13.1 Å². The monoisotopic (exact) mass is 382 g/mol. The summed E-state index contributed by atoms with van der Waals surface area (Å²) in [6.45, 7) is 0. The van der Waals surface area contributed by atoms with Gasteiger partial charge in [0.15, 0.2) is 11.6 Å². The van der Waals surface area contributed by atoms with Crippen molar-refractivity contribution in [3.8, 4) is 0 Å². The number of hydrogen-bond acceptors (Lipinski definition) is 2. The number of hydrogen-bond donors (Lipinski definition) is 2. The van der Waals surface area contributed by atoms with E-state index in [4.69, 9.17) is 0 Å². The Bertz CT molecular complexity index is 753. The summed E-state index contributed by atoms with van der Waals surface area (Å²) >= 11 is 3.25. The third-order valence-corrected chi connectivity index (χ3v) is 3.64. The molecular weight excluding hydrogens is 370 g/mol. The first kappa shape index (κ1) is 17.1. The lowest BCUT2D eigenvalue weighted by molar-refractivity contribution is -0.122. The number of carbonyl (C=O) groups excluding carboxylic acids is 2. The molecule has 2 aromatic rings. The van der Waals surface area contributed by atoms with Crippen molar-refractivity contribution >= 4 is 27.7 Å². The average Bonchev–Trinajstić information content (AvgIpc) is 2.54. The number of nitrogens with one attached hydrogen (secondary N) is 2. The zero-order valence-corrected chi connectivity index (χ0v) is 13.7. The van der Waals surface area contributed by atoms with Gasteiger partial charge in [0, 0.05) is 17.1 Å². The molecule has 1 unspecified atom stereocenters. The number of carbonyl (C=O) groups is 2. The van der Waals surface area contributed by atoms with Crippen molar-refractivity contribution in [1.29, 1.82) is 0 Å². The molecule has 2 rings (SSSR count). The third-order valence-electron chi connectivity index (χ3n) is 3.15. The molecule has 0 aliphatic rings. The molecular formula is C16H13BrF2N2O2. The molecule has 0 saturated carbocycles. The van der Waals surface area contributed by atoms with Crippen molar-refractivity contribution in [3.63, 3.8) is 0 Å². The number of halogens is 3. The molecule has 23 heavy (non-hydrogen) atoms. The Morgan fingerprint density at radius 2 is 1.83 bits per heavy atom. The molecule has 1 atom stereocenters. The van der Waals surface area contributed by atoms with E-state index in [2.05, 4.69) is 26.6 Å². The zero-order valence-electron chi connectivity index (χ0n) is 12.1. The van der Waals surface area contributed by atoms with Crippen molar-refractivity contribution in [1.82, 2.24) is 10.6 Å². The molecule has 0 radical (unpaired) electrons. The van der Waals surface area contributed by atoms with Gasteiger partial charge in [0.25, 0.3) is 5.91 Å². The molecule has 2 amide bonds. The highest BCUT2D eigenvalue weighted by atomic mass is 79.9. The molecule has 0 saturated heterocycles. The van der Waals surface area contributed by atoms with E-state index in [9.17, 15) is 18.4 Å². The summed E-state index contributed by atoms with van der Waals surface area (Å²) < 4.78 is 27.1. The highest BCUT2D eigenvalue weighted by molar-refractivity contribution is 9.10. The molecule has 120 valence electrons. The average molecular weight is 383 g/mol. The van der Waals surface area contributed by atoms with Crippen LogP contribution in [0.3, 0.4) is 0 Å². The van der Waals surface area contributed by atoms with Crippen LogP contribution in [0.25, 0.3) is 0 Å². The Morgan fingerprint density at radius 1 is 1.09 bits per heavy atom. The lowest BCUT2D eigenvalue weighted by atomic mass is 10.0. The van der Waals surface area contributed by atoms with Gasteiger partial charge in [0.1, 0.15) is 6.04 Å². The fourth-order valence-electron chi connectivity index (χ4n) is 1.98. The summed E-state index contributed by atoms with van der Waals surface area (Å²) in [6.07, 6.45) is 0. The second-order valence-corrected chi connectivity index (χ2v) is 5.62. The molecule has 0 aliphatic carbocycles. The zero-order chi connectivity index (χ0) is 17.0. The molecule has 2 N–H and O–H groups in total. The van der Waals surface area contributed by atoms with Crippen LogP contribution in [-0.2, 0) is 4.79 Å². The van der Waals surface area contributed by atoms with Crippen LogP contribution in [0, 0.1) is 11.6 Å². The van der Waals surface area contributed by atoms with Gasteiger partial charge < -0.3 is 10.6 Å². The van der Waals surface area contributed by atoms with E-state index in [0.29, 0.717) is 10.0 Å². The molecule has 0 aliphatic heterocycles. The van der Waals surface area contributed by atoms with Gasteiger partial charge in [-0.1, -0.05) is 28.1 Å². The summed E-state index contributed by atoms with van der Waals surface area (Å²) in [4.78, 5) is 24.3. The van der Waals surface area contributed by atoms with Gasteiger partial charge >= 0.3 is 0 Å². The number of likely N-dealkylation sites (N-methyl/N-ethyl adjacent to an activating group) is 1. The van der Waals surface area contributed by atoms with Crippen molar-refractivity contribution in [2.45, 2.75) is 6.04 Å². The second-order valence-electron chi connectivity index (χ2n) is 4.70. The van der Waals surface area contributed by atoms with E-state index in [1.54, 1.807) is 24.3 Å². The standard InChI is InChI=1S/C16H13BrF2N2O2/c1-20-16(23)14(9-5-6-12(18)13(19)8-9)21-15(22)10-3-2-4-11(17)7-10/h2-8,14H,1H3,(H,20,23)(H,21,22). The molecule has 0 heterocycles. The molecule has 2 aromatic carbocycles. The van der Waals surface area contributed by atoms with Gasteiger partial charge in [0.05, 0.1) is 0 Å². The normalized spacial score (nSPS) is 11.7. The molecule has 0 bridgehead atoms. The topological polar surface area (TPSA) is 58.2 Å². The van der Waals surface area contributed by atoms with E-state index >= 15 is 0 Å². The smallest absolute Gasteiger partial charge is 0.252 e. The summed E-state index contributed by atoms with van der Waals surface area (Å²) in [6, 6.07) is 8.49. The first-order chi connectivity index (χ1) is 10.9. The lowest BCUT2D eigenvalue weighted by Crippen LogP contribution is -2.39. The third kappa shape index (κ3) is 4.13. The lowest BCUT2D eigenvalue weighted by Gasteiger charge is -2.18. The van der Waals surface area contributed by atoms with Crippen LogP contribution < -0.4 is 10.6 Å². The van der Waals surface area contributed by atoms with Crippen LogP contribution in [0.5, 0.6) is 0 Å². The summed E-state index contributed by atoms with van der Waals surface area (Å²) in [7, 11) is 1.39. The van der Waals surface area contributed by atoms with Crippen LogP contribution >= 0.6 is 15.9 Å². The fraction of sp³-hybridized carbons (Fsp3) is 0.125. The molecule has 4 nitrogen and oxygen atoms in total. The van der Waals surface area contributed by atoms with Crippen molar-refractivity contribution < 1.29 is 18.4 Å². The van der Waals surface area contributed by atoms with Crippen molar-refractivity contribution in [3.05, 3.63) is 69.7 Å². The van der Waals surface area contributed by atoms with Crippen LogP contribution in [-0.4, -0.2) is 18.9 Å². The number of rotatable bonds is 4. The Balaban J connectivity index is 2.30. The predicted molar refractivity (Wildman–Crippen MR) is 84.8 cm³/mol. The van der Waals surface area contributed by atoms with Gasteiger partial charge in [-0.15, -0.1) is 0 Å². The Kier molecular flexibility index (Phi) is 5.44. The number of benzene rings is 2. The van der Waals surface area contributed by atoms with Gasteiger partial charge in [0.2, 0.25) is 5.91 Å². The van der Waals surface area contributed by atoms with Crippen molar-refractivity contribution in [2.75, 3.05) is 7.05 Å². The molecule has 0 fully saturated rings. The van der Waals surface area contributed by atoms with Crippen LogP contribution in [0.2, 0.25) is 0 Å². The first-order valence-corrected chi connectivity index (χ1v) is 7.44. The van der Waals surface area contributed by atoms with Gasteiger partial charge in [-0.05, 0) is 35.9 Å². The largest absolute Gasteiger partial charge is 0.357 e. The highest BCUT2D eigenvalue weighted by Crippen LogP contribution is 2.18. The fourth-order valence-corrected chi connectivity index (χ4v) is 2.38. The van der Waals surface area contributed by atoms with E-state index < -0.39 is 29.5 Å². The second kappa shape index (κ2) is 7.32. The molecule has 7 heteroatoms. The molecule has 0 spiro atoms. The number of amides is 2. The summed E-state index contributed by atoms with van der Waals surface area (Å²) in [5.41, 5.74) is 0.474. The SMILES string of the molecule is CNC(=O)C(NC(=O)c1cccc(Br)c1)c1ccc(F)c(F)c1. The summed E-state index contributed by atoms with van der Waals surface area (Å²) in [5.74, 6) is -3.17. The first-order valence-electron chi connectivity index (χ1n) is 6.65. The van der Waals surface area contributed by atoms with Crippen LogP contribution in [0.4, 0.5) is 8.78 Å². The van der Waals surface area contributed by atoms with Crippen LogP contribution in [0.1, 0.15) is 22.0 Å². The predicted octanol–water partition coefficient (Wildman–Crippen LogP) is 2.94. The van der Waals surface area contributed by atoms with Gasteiger partial charge in [-0.2, -0.15) is 0 Å². The van der Waals surface area contributed by atoms with E-state index in [-0.39, 0.29) is 5.56 Å². The minimum Gasteiger partial charge on any atom is -0.357 e. The van der Waals surface area contributed by atoms with E-state index in [1.807, 2.05) is 0 Å².